The third kappa shape index (κ3) is 5.08. The fourth-order valence-corrected chi connectivity index (χ4v) is 4.59. The summed E-state index contributed by atoms with van der Waals surface area (Å²) in [4.78, 5) is 45.1. The quantitative estimate of drug-likeness (QED) is 0.483. The van der Waals surface area contributed by atoms with Gasteiger partial charge in [0, 0.05) is 28.9 Å². The number of carbonyl (C=O) groups excluding carboxylic acids is 3. The van der Waals surface area contributed by atoms with Gasteiger partial charge in [-0.25, -0.2) is 9.79 Å². The standard InChI is InChI=1S/C29H28N4O5/c1-29(2,3)38-28(37)30-20-11-9-18(10-12-20)26(35)32-25-27(36)33-14-13-19-15-21(34)16-22(24(19)33)23(31-25)17-7-5-4-6-8-17/h4-12,15-16,25,34H,13-14H2,1-3H3,(H,30,37)(H,32,35). The number of ether oxygens (including phenoxy) is 1. The van der Waals surface area contributed by atoms with Gasteiger partial charge in [0.2, 0.25) is 6.17 Å². The highest BCUT2D eigenvalue weighted by atomic mass is 16.6. The van der Waals surface area contributed by atoms with Crippen LogP contribution in [-0.2, 0) is 16.0 Å². The largest absolute Gasteiger partial charge is 0.508 e. The summed E-state index contributed by atoms with van der Waals surface area (Å²) in [7, 11) is 0. The van der Waals surface area contributed by atoms with Crippen LogP contribution in [0.15, 0.2) is 71.7 Å². The summed E-state index contributed by atoms with van der Waals surface area (Å²) in [5.74, 6) is -0.742. The summed E-state index contributed by atoms with van der Waals surface area (Å²) in [5, 5.41) is 15.8. The molecule has 0 spiro atoms. The normalized spacial score (nSPS) is 16.3. The van der Waals surface area contributed by atoms with Crippen LogP contribution in [0.25, 0.3) is 0 Å². The van der Waals surface area contributed by atoms with E-state index < -0.39 is 23.8 Å². The lowest BCUT2D eigenvalue weighted by Crippen LogP contribution is -2.46. The molecule has 0 radical (unpaired) electrons. The SMILES string of the molecule is CC(C)(C)OC(=O)Nc1ccc(C(=O)NC2N=C(c3ccccc3)c3cc(O)cc4c3N(CC4)C2=O)cc1. The molecule has 0 aromatic heterocycles. The Labute approximate surface area is 220 Å². The number of amides is 3. The average Bonchev–Trinajstić information content (AvgIpc) is 3.24. The van der Waals surface area contributed by atoms with Gasteiger partial charge in [-0.2, -0.15) is 0 Å². The van der Waals surface area contributed by atoms with Crippen LogP contribution < -0.4 is 15.5 Å². The maximum absolute atomic E-state index is 13.6. The van der Waals surface area contributed by atoms with Crippen molar-refractivity contribution in [2.75, 3.05) is 16.8 Å². The molecular weight excluding hydrogens is 484 g/mol. The van der Waals surface area contributed by atoms with Gasteiger partial charge in [-0.15, -0.1) is 0 Å². The Morgan fingerprint density at radius 3 is 2.45 bits per heavy atom. The number of nitrogens with zero attached hydrogens (tertiary/aromatic N) is 2. The highest BCUT2D eigenvalue weighted by Gasteiger charge is 2.37. The molecule has 2 aliphatic heterocycles. The second-order valence-electron chi connectivity index (χ2n) is 10.2. The summed E-state index contributed by atoms with van der Waals surface area (Å²) < 4.78 is 5.25. The van der Waals surface area contributed by atoms with Gasteiger partial charge in [0.05, 0.1) is 11.4 Å². The van der Waals surface area contributed by atoms with Crippen molar-refractivity contribution in [3.8, 4) is 5.75 Å². The van der Waals surface area contributed by atoms with Gasteiger partial charge in [-0.3, -0.25) is 14.9 Å². The van der Waals surface area contributed by atoms with E-state index >= 15 is 0 Å². The number of rotatable bonds is 4. The minimum Gasteiger partial charge on any atom is -0.508 e. The van der Waals surface area contributed by atoms with Crippen molar-refractivity contribution in [3.63, 3.8) is 0 Å². The maximum Gasteiger partial charge on any atom is 0.412 e. The van der Waals surface area contributed by atoms with E-state index in [0.717, 1.165) is 11.1 Å². The summed E-state index contributed by atoms with van der Waals surface area (Å²) in [6.45, 7) is 5.74. The van der Waals surface area contributed by atoms with Crippen molar-refractivity contribution in [1.29, 1.82) is 0 Å². The molecular formula is C29H28N4O5. The minimum absolute atomic E-state index is 0.0965. The van der Waals surface area contributed by atoms with Gasteiger partial charge in [0.25, 0.3) is 11.8 Å². The van der Waals surface area contributed by atoms with E-state index in [0.29, 0.717) is 41.2 Å². The van der Waals surface area contributed by atoms with Gasteiger partial charge in [-0.05, 0) is 69.2 Å². The van der Waals surface area contributed by atoms with Crippen molar-refractivity contribution < 1.29 is 24.2 Å². The molecule has 2 aliphatic rings. The molecule has 5 rings (SSSR count). The summed E-state index contributed by atoms with van der Waals surface area (Å²) in [5.41, 5.74) is 3.61. The lowest BCUT2D eigenvalue weighted by atomic mass is 9.97. The number of phenols is 1. The zero-order valence-electron chi connectivity index (χ0n) is 21.3. The van der Waals surface area contributed by atoms with E-state index in [-0.39, 0.29) is 11.7 Å². The Balaban J connectivity index is 1.42. The van der Waals surface area contributed by atoms with Gasteiger partial charge in [-0.1, -0.05) is 30.3 Å². The molecule has 9 nitrogen and oxygen atoms in total. The number of hydrogen-bond acceptors (Lipinski definition) is 6. The molecule has 3 N–H and O–H groups in total. The number of nitrogens with one attached hydrogen (secondary N) is 2. The first kappa shape index (κ1) is 25.0. The Kier molecular flexibility index (Phi) is 6.36. The fraction of sp³-hybridized carbons (Fsp3) is 0.241. The molecule has 2 heterocycles. The molecule has 1 unspecified atom stereocenters. The Morgan fingerprint density at radius 2 is 1.76 bits per heavy atom. The van der Waals surface area contributed by atoms with Crippen LogP contribution in [0.1, 0.15) is 47.8 Å². The van der Waals surface area contributed by atoms with Crippen LogP contribution in [0.2, 0.25) is 0 Å². The monoisotopic (exact) mass is 512 g/mol. The van der Waals surface area contributed by atoms with Crippen LogP contribution >= 0.6 is 0 Å². The van der Waals surface area contributed by atoms with Crippen molar-refractivity contribution in [3.05, 3.63) is 89.0 Å². The topological polar surface area (TPSA) is 120 Å². The van der Waals surface area contributed by atoms with E-state index in [1.165, 1.54) is 0 Å². The van der Waals surface area contributed by atoms with E-state index in [1.54, 1.807) is 62.1 Å². The molecule has 0 fully saturated rings. The van der Waals surface area contributed by atoms with Crippen LogP contribution in [0.3, 0.4) is 0 Å². The smallest absolute Gasteiger partial charge is 0.412 e. The number of aromatic hydroxyl groups is 1. The first-order valence-electron chi connectivity index (χ1n) is 12.3. The molecule has 194 valence electrons. The third-order valence-corrected chi connectivity index (χ3v) is 6.17. The van der Waals surface area contributed by atoms with E-state index in [4.69, 9.17) is 9.73 Å². The number of aliphatic imine (C=N–C) groups is 1. The molecule has 38 heavy (non-hydrogen) atoms. The van der Waals surface area contributed by atoms with E-state index in [1.807, 2.05) is 30.3 Å². The van der Waals surface area contributed by atoms with E-state index in [9.17, 15) is 19.5 Å². The minimum atomic E-state index is -1.17. The molecule has 3 amide bonds. The first-order valence-corrected chi connectivity index (χ1v) is 12.3. The molecule has 0 saturated heterocycles. The van der Waals surface area contributed by atoms with Crippen LogP contribution in [0.5, 0.6) is 5.75 Å². The van der Waals surface area contributed by atoms with Gasteiger partial charge < -0.3 is 20.1 Å². The van der Waals surface area contributed by atoms with Gasteiger partial charge >= 0.3 is 6.09 Å². The average molecular weight is 513 g/mol. The molecule has 0 bridgehead atoms. The van der Waals surface area contributed by atoms with Crippen molar-refractivity contribution >= 4 is 35.0 Å². The maximum atomic E-state index is 13.6. The third-order valence-electron chi connectivity index (χ3n) is 6.17. The molecule has 9 heteroatoms. The first-order chi connectivity index (χ1) is 18.1. The highest BCUT2D eigenvalue weighted by Crippen LogP contribution is 2.38. The Morgan fingerprint density at radius 1 is 1.05 bits per heavy atom. The lowest BCUT2D eigenvalue weighted by Gasteiger charge is -2.21. The number of anilines is 2. The number of hydrogen-bond donors (Lipinski definition) is 3. The summed E-state index contributed by atoms with van der Waals surface area (Å²) in [6, 6.07) is 18.9. The molecule has 0 saturated carbocycles. The van der Waals surface area contributed by atoms with Crippen molar-refractivity contribution in [2.45, 2.75) is 39.0 Å². The summed E-state index contributed by atoms with van der Waals surface area (Å²) in [6.07, 6.45) is -1.17. The molecule has 1 atom stereocenters. The van der Waals surface area contributed by atoms with Crippen LogP contribution in [-0.4, -0.2) is 47.0 Å². The highest BCUT2D eigenvalue weighted by molar-refractivity contribution is 6.21. The number of carbonyl (C=O) groups is 3. The molecule has 0 aliphatic carbocycles. The summed E-state index contributed by atoms with van der Waals surface area (Å²) >= 11 is 0. The second-order valence-corrected chi connectivity index (χ2v) is 10.2. The van der Waals surface area contributed by atoms with E-state index in [2.05, 4.69) is 10.6 Å². The fourth-order valence-electron chi connectivity index (χ4n) is 4.59. The number of benzene rings is 3. The van der Waals surface area contributed by atoms with Gasteiger partial charge in [0.15, 0.2) is 0 Å². The zero-order valence-corrected chi connectivity index (χ0v) is 21.3. The molecule has 3 aromatic carbocycles. The zero-order chi connectivity index (χ0) is 27.0. The predicted octanol–water partition coefficient (Wildman–Crippen LogP) is 4.24. The van der Waals surface area contributed by atoms with Crippen molar-refractivity contribution in [1.82, 2.24) is 5.32 Å². The lowest BCUT2D eigenvalue weighted by molar-refractivity contribution is -0.120. The van der Waals surface area contributed by atoms with Gasteiger partial charge in [0.1, 0.15) is 11.4 Å². The van der Waals surface area contributed by atoms with Crippen LogP contribution in [0.4, 0.5) is 16.2 Å². The Bertz CT molecular complexity index is 1440. The Hall–Kier alpha value is -4.66. The second kappa shape index (κ2) is 9.66. The number of phenolic OH excluding ortho intramolecular Hbond substituents is 1. The predicted molar refractivity (Wildman–Crippen MR) is 144 cm³/mol. The van der Waals surface area contributed by atoms with Crippen LogP contribution in [0, 0.1) is 0 Å². The molecule has 3 aromatic rings. The van der Waals surface area contributed by atoms with Crippen molar-refractivity contribution in [2.24, 2.45) is 4.99 Å².